The number of carbonyl (C=O) groups is 1. The maximum Gasteiger partial charge on any atom is 0.285 e. The van der Waals surface area contributed by atoms with Gasteiger partial charge in [0.2, 0.25) is 0 Å². The molecular formula is C22H26N4O4S. The number of hydrogen-bond acceptors (Lipinski definition) is 6. The molecule has 0 saturated carbocycles. The number of carbonyl (C=O) groups excluding carboxylic acids is 1. The minimum Gasteiger partial charge on any atom is -0.495 e. The number of rotatable bonds is 5. The third-order valence-corrected chi connectivity index (χ3v) is 6.83. The van der Waals surface area contributed by atoms with Crippen LogP contribution in [0.5, 0.6) is 5.75 Å². The van der Waals surface area contributed by atoms with Gasteiger partial charge >= 0.3 is 0 Å². The van der Waals surface area contributed by atoms with E-state index in [0.29, 0.717) is 44.0 Å². The van der Waals surface area contributed by atoms with Crippen LogP contribution in [-0.4, -0.2) is 65.4 Å². The van der Waals surface area contributed by atoms with E-state index < -0.39 is 10.0 Å². The fourth-order valence-corrected chi connectivity index (χ4v) is 5.05. The van der Waals surface area contributed by atoms with Crippen LogP contribution in [0.4, 0.5) is 11.4 Å². The van der Waals surface area contributed by atoms with Crippen molar-refractivity contribution in [1.82, 2.24) is 4.90 Å². The number of anilines is 2. The number of hydrogen-bond donors (Lipinski definition) is 0. The summed E-state index contributed by atoms with van der Waals surface area (Å²) in [6.07, 6.45) is 2.20. The Bertz CT molecular complexity index is 1110. The van der Waals surface area contributed by atoms with Crippen LogP contribution in [0.1, 0.15) is 23.7 Å². The number of sulfonamides is 1. The Labute approximate surface area is 182 Å². The highest BCUT2D eigenvalue weighted by Crippen LogP contribution is 2.32. The summed E-state index contributed by atoms with van der Waals surface area (Å²) < 4.78 is 34.1. The Morgan fingerprint density at radius 1 is 1.06 bits per heavy atom. The van der Waals surface area contributed by atoms with E-state index in [-0.39, 0.29) is 10.8 Å². The molecule has 0 N–H and O–H groups in total. The maximum absolute atomic E-state index is 13.1. The Kier molecular flexibility index (Phi) is 5.86. The molecule has 2 aromatic rings. The topological polar surface area (TPSA) is 82.5 Å². The normalized spacial score (nSPS) is 17.4. The molecule has 1 amide bonds. The number of benzene rings is 2. The van der Waals surface area contributed by atoms with E-state index in [1.54, 1.807) is 29.0 Å². The van der Waals surface area contributed by atoms with Crippen LogP contribution in [0.15, 0.2) is 51.8 Å². The molecule has 164 valence electrons. The van der Waals surface area contributed by atoms with Crippen LogP contribution in [0.25, 0.3) is 0 Å². The summed E-state index contributed by atoms with van der Waals surface area (Å²) in [4.78, 5) is 18.9. The maximum atomic E-state index is 13.1. The predicted molar refractivity (Wildman–Crippen MR) is 121 cm³/mol. The largest absolute Gasteiger partial charge is 0.495 e. The fraction of sp³-hybridized carbons (Fsp3) is 0.364. The van der Waals surface area contributed by atoms with Gasteiger partial charge in [-0.2, -0.15) is 8.42 Å². The second kappa shape index (κ2) is 8.58. The lowest BCUT2D eigenvalue weighted by molar-refractivity contribution is 0.0746. The zero-order valence-electron chi connectivity index (χ0n) is 17.7. The SMILES string of the molecule is CCCN1C=NS(=O)(=O)c2cc(C(=O)N3CCN(c4ccccc4OC)CC3)ccc21. The molecule has 8 nitrogen and oxygen atoms in total. The summed E-state index contributed by atoms with van der Waals surface area (Å²) in [6.45, 7) is 5.10. The van der Waals surface area contributed by atoms with Gasteiger partial charge in [0.15, 0.2) is 0 Å². The molecule has 2 aromatic carbocycles. The first-order valence-corrected chi connectivity index (χ1v) is 11.8. The lowest BCUT2D eigenvalue weighted by Crippen LogP contribution is -2.48. The Morgan fingerprint density at radius 2 is 1.81 bits per heavy atom. The van der Waals surface area contributed by atoms with Gasteiger partial charge in [-0.3, -0.25) is 4.79 Å². The van der Waals surface area contributed by atoms with Crippen LogP contribution in [0.3, 0.4) is 0 Å². The Morgan fingerprint density at radius 3 is 2.52 bits per heavy atom. The standard InChI is InChI=1S/C22H26N4O4S/c1-3-10-26-16-23-31(28,29)21-15-17(8-9-19(21)26)22(27)25-13-11-24(12-14-25)18-6-4-5-7-20(18)30-2/h4-9,15-16H,3,10-14H2,1-2H3. The summed E-state index contributed by atoms with van der Waals surface area (Å²) in [5, 5.41) is 0. The first-order valence-electron chi connectivity index (χ1n) is 10.3. The highest BCUT2D eigenvalue weighted by atomic mass is 32.2. The molecule has 0 radical (unpaired) electrons. The Balaban J connectivity index is 1.51. The van der Waals surface area contributed by atoms with Gasteiger partial charge in [0.25, 0.3) is 15.9 Å². The molecule has 0 bridgehead atoms. The van der Waals surface area contributed by atoms with Crippen molar-refractivity contribution in [2.24, 2.45) is 4.40 Å². The summed E-state index contributed by atoms with van der Waals surface area (Å²) in [7, 11) is -2.15. The van der Waals surface area contributed by atoms with Crippen molar-refractivity contribution < 1.29 is 17.9 Å². The van der Waals surface area contributed by atoms with Crippen molar-refractivity contribution in [3.63, 3.8) is 0 Å². The van der Waals surface area contributed by atoms with E-state index in [9.17, 15) is 13.2 Å². The van der Waals surface area contributed by atoms with Crippen LogP contribution < -0.4 is 14.5 Å². The van der Waals surface area contributed by atoms with Crippen LogP contribution in [0, 0.1) is 0 Å². The van der Waals surface area contributed by atoms with Crippen LogP contribution >= 0.6 is 0 Å². The smallest absolute Gasteiger partial charge is 0.285 e. The Hall–Kier alpha value is -3.07. The molecule has 0 aliphatic carbocycles. The van der Waals surface area contributed by atoms with E-state index in [0.717, 1.165) is 17.9 Å². The van der Waals surface area contributed by atoms with Gasteiger partial charge < -0.3 is 19.4 Å². The molecule has 0 atom stereocenters. The fourth-order valence-electron chi connectivity index (χ4n) is 3.97. The zero-order chi connectivity index (χ0) is 22.0. The molecule has 9 heteroatoms. The number of nitrogens with zero attached hydrogens (tertiary/aromatic N) is 4. The molecule has 1 saturated heterocycles. The van der Waals surface area contributed by atoms with E-state index in [1.807, 2.05) is 31.2 Å². The number of fused-ring (bicyclic) bond motifs is 1. The first kappa shape index (κ1) is 21.2. The summed E-state index contributed by atoms with van der Waals surface area (Å²) in [6, 6.07) is 12.7. The number of piperazine rings is 1. The van der Waals surface area contributed by atoms with Crippen molar-refractivity contribution in [3.8, 4) is 5.75 Å². The van der Waals surface area contributed by atoms with Crippen molar-refractivity contribution in [2.45, 2.75) is 18.2 Å². The summed E-state index contributed by atoms with van der Waals surface area (Å²) >= 11 is 0. The molecule has 0 spiro atoms. The molecular weight excluding hydrogens is 416 g/mol. The van der Waals surface area contributed by atoms with Gasteiger partial charge in [0.1, 0.15) is 17.0 Å². The number of amides is 1. The molecule has 31 heavy (non-hydrogen) atoms. The third kappa shape index (κ3) is 4.10. The molecule has 4 rings (SSSR count). The lowest BCUT2D eigenvalue weighted by atomic mass is 10.1. The second-order valence-corrected chi connectivity index (χ2v) is 9.12. The first-order chi connectivity index (χ1) is 14.9. The van der Waals surface area contributed by atoms with Gasteiger partial charge in [-0.25, -0.2) is 0 Å². The number of ether oxygens (including phenoxy) is 1. The molecule has 2 aliphatic heterocycles. The van der Waals surface area contributed by atoms with Gasteiger partial charge in [-0.05, 0) is 36.8 Å². The lowest BCUT2D eigenvalue weighted by Gasteiger charge is -2.36. The quantitative estimate of drug-likeness (QED) is 0.708. The molecule has 1 fully saturated rings. The summed E-state index contributed by atoms with van der Waals surface area (Å²) in [5.74, 6) is 0.633. The summed E-state index contributed by atoms with van der Waals surface area (Å²) in [5.41, 5.74) is 1.93. The van der Waals surface area contributed by atoms with Crippen molar-refractivity contribution in [2.75, 3.05) is 49.6 Å². The van der Waals surface area contributed by atoms with E-state index in [2.05, 4.69) is 9.30 Å². The minimum atomic E-state index is -3.80. The van der Waals surface area contributed by atoms with Gasteiger partial charge in [0.05, 0.1) is 18.5 Å². The molecule has 2 heterocycles. The highest BCUT2D eigenvalue weighted by Gasteiger charge is 2.29. The number of methoxy groups -OCH3 is 1. The predicted octanol–water partition coefficient (Wildman–Crippen LogP) is 2.60. The molecule has 2 aliphatic rings. The third-order valence-electron chi connectivity index (χ3n) is 5.58. The van der Waals surface area contributed by atoms with Gasteiger partial charge in [-0.15, -0.1) is 4.40 Å². The van der Waals surface area contributed by atoms with Crippen LogP contribution in [-0.2, 0) is 10.0 Å². The minimum absolute atomic E-state index is 0.0851. The molecule has 0 aromatic heterocycles. The monoisotopic (exact) mass is 442 g/mol. The van der Waals surface area contributed by atoms with E-state index >= 15 is 0 Å². The zero-order valence-corrected chi connectivity index (χ0v) is 18.5. The van der Waals surface area contributed by atoms with Crippen molar-refractivity contribution in [3.05, 3.63) is 48.0 Å². The van der Waals surface area contributed by atoms with E-state index in [4.69, 9.17) is 4.74 Å². The van der Waals surface area contributed by atoms with Crippen LogP contribution in [0.2, 0.25) is 0 Å². The second-order valence-electron chi connectivity index (χ2n) is 7.52. The molecule has 0 unspecified atom stereocenters. The number of para-hydroxylation sites is 2. The average Bonchev–Trinajstić information content (AvgIpc) is 2.80. The van der Waals surface area contributed by atoms with Crippen molar-refractivity contribution in [1.29, 1.82) is 0 Å². The highest BCUT2D eigenvalue weighted by molar-refractivity contribution is 7.90. The van der Waals surface area contributed by atoms with Gasteiger partial charge in [-0.1, -0.05) is 19.1 Å². The van der Waals surface area contributed by atoms with Gasteiger partial charge in [0, 0.05) is 38.3 Å². The van der Waals surface area contributed by atoms with E-state index in [1.165, 1.54) is 12.4 Å². The average molecular weight is 443 g/mol. The van der Waals surface area contributed by atoms with Crippen molar-refractivity contribution >= 4 is 33.6 Å².